The van der Waals surface area contributed by atoms with Crippen LogP contribution in [0.4, 0.5) is 11.5 Å². The Kier molecular flexibility index (Phi) is 5.88. The summed E-state index contributed by atoms with van der Waals surface area (Å²) in [6, 6.07) is 13.2. The van der Waals surface area contributed by atoms with Crippen LogP contribution >= 0.6 is 11.6 Å². The Morgan fingerprint density at radius 1 is 1.11 bits per heavy atom. The number of ether oxygens (including phenoxy) is 1. The summed E-state index contributed by atoms with van der Waals surface area (Å²) in [7, 11) is 1.57. The minimum atomic E-state index is -0.282. The third kappa shape index (κ3) is 4.95. The monoisotopic (exact) mass is 382 g/mol. The molecule has 2 N–H and O–H groups in total. The lowest BCUT2D eigenvalue weighted by molar-refractivity contribution is 0.0945. The first-order valence-corrected chi connectivity index (χ1v) is 8.69. The van der Waals surface area contributed by atoms with Crippen molar-refractivity contribution in [1.29, 1.82) is 0 Å². The highest BCUT2D eigenvalue weighted by Gasteiger charge is 2.09. The number of halogens is 1. The van der Waals surface area contributed by atoms with Crippen LogP contribution in [-0.2, 0) is 6.54 Å². The molecule has 1 heterocycles. The number of aromatic nitrogens is 2. The van der Waals surface area contributed by atoms with E-state index in [1.807, 2.05) is 31.2 Å². The molecule has 3 rings (SSSR count). The molecule has 0 unspecified atom stereocenters. The van der Waals surface area contributed by atoms with Gasteiger partial charge in [0.1, 0.15) is 17.3 Å². The summed E-state index contributed by atoms with van der Waals surface area (Å²) in [5.41, 5.74) is 3.10. The lowest BCUT2D eigenvalue weighted by Gasteiger charge is -2.11. The molecule has 3 aromatic rings. The van der Waals surface area contributed by atoms with Gasteiger partial charge in [-0.05, 0) is 30.7 Å². The molecule has 2 aromatic carbocycles. The van der Waals surface area contributed by atoms with Crippen molar-refractivity contribution in [1.82, 2.24) is 15.3 Å². The van der Waals surface area contributed by atoms with E-state index >= 15 is 0 Å². The van der Waals surface area contributed by atoms with Gasteiger partial charge in [-0.25, -0.2) is 9.97 Å². The van der Waals surface area contributed by atoms with E-state index in [1.165, 1.54) is 18.0 Å². The second kappa shape index (κ2) is 8.51. The number of benzene rings is 2. The number of carbonyl (C=O) groups is 1. The summed E-state index contributed by atoms with van der Waals surface area (Å²) >= 11 is 6.02. The Bertz CT molecular complexity index is 928. The zero-order chi connectivity index (χ0) is 19.2. The number of rotatable bonds is 6. The van der Waals surface area contributed by atoms with Gasteiger partial charge in [-0.2, -0.15) is 0 Å². The lowest BCUT2D eigenvalue weighted by atomic mass is 10.1. The molecular weight excluding hydrogens is 364 g/mol. The van der Waals surface area contributed by atoms with Crippen LogP contribution in [-0.4, -0.2) is 23.0 Å². The number of hydrogen-bond acceptors (Lipinski definition) is 5. The maximum atomic E-state index is 12.2. The number of hydrogen-bond donors (Lipinski definition) is 2. The molecular formula is C20H19ClN4O2. The SMILES string of the molecule is COc1ccc(Cl)cc1Nc1cnc(C(=O)NCc2ccc(C)cc2)cn1. The van der Waals surface area contributed by atoms with Crippen molar-refractivity contribution < 1.29 is 9.53 Å². The molecule has 0 saturated heterocycles. The molecule has 0 bridgehead atoms. The fourth-order valence-corrected chi connectivity index (χ4v) is 2.58. The second-order valence-corrected chi connectivity index (χ2v) is 6.36. The van der Waals surface area contributed by atoms with Crippen molar-refractivity contribution in [3.8, 4) is 5.75 Å². The van der Waals surface area contributed by atoms with Crippen LogP contribution in [0.3, 0.4) is 0 Å². The molecule has 0 fully saturated rings. The zero-order valence-electron chi connectivity index (χ0n) is 15.0. The van der Waals surface area contributed by atoms with Crippen molar-refractivity contribution in [2.45, 2.75) is 13.5 Å². The van der Waals surface area contributed by atoms with Gasteiger partial charge in [0, 0.05) is 11.6 Å². The maximum Gasteiger partial charge on any atom is 0.271 e. The Labute approximate surface area is 162 Å². The van der Waals surface area contributed by atoms with E-state index in [1.54, 1.807) is 25.3 Å². The molecule has 138 valence electrons. The number of aryl methyl sites for hydroxylation is 1. The van der Waals surface area contributed by atoms with Crippen molar-refractivity contribution in [3.63, 3.8) is 0 Å². The van der Waals surface area contributed by atoms with Crippen LogP contribution in [0.1, 0.15) is 21.6 Å². The van der Waals surface area contributed by atoms with Crippen LogP contribution in [0.15, 0.2) is 54.9 Å². The van der Waals surface area contributed by atoms with Crippen LogP contribution in [0.2, 0.25) is 5.02 Å². The summed E-state index contributed by atoms with van der Waals surface area (Å²) in [6.07, 6.45) is 2.91. The van der Waals surface area contributed by atoms with E-state index in [4.69, 9.17) is 16.3 Å². The molecule has 6 nitrogen and oxygen atoms in total. The summed E-state index contributed by atoms with van der Waals surface area (Å²) in [5, 5.41) is 6.48. The smallest absolute Gasteiger partial charge is 0.271 e. The third-order valence-electron chi connectivity index (χ3n) is 3.88. The average molecular weight is 383 g/mol. The fourth-order valence-electron chi connectivity index (χ4n) is 2.40. The first-order valence-electron chi connectivity index (χ1n) is 8.31. The molecule has 27 heavy (non-hydrogen) atoms. The molecule has 0 radical (unpaired) electrons. The quantitative estimate of drug-likeness (QED) is 0.670. The molecule has 0 aliphatic rings. The minimum absolute atomic E-state index is 0.241. The van der Waals surface area contributed by atoms with Gasteiger partial charge in [0.2, 0.25) is 0 Å². The molecule has 0 aliphatic carbocycles. The Hall–Kier alpha value is -3.12. The highest BCUT2D eigenvalue weighted by Crippen LogP contribution is 2.29. The summed E-state index contributed by atoms with van der Waals surface area (Å²) in [4.78, 5) is 20.6. The van der Waals surface area contributed by atoms with Gasteiger partial charge in [-0.3, -0.25) is 4.79 Å². The van der Waals surface area contributed by atoms with Gasteiger partial charge in [0.25, 0.3) is 5.91 Å². The van der Waals surface area contributed by atoms with Gasteiger partial charge in [-0.15, -0.1) is 0 Å². The predicted octanol–water partition coefficient (Wildman–Crippen LogP) is 4.12. The topological polar surface area (TPSA) is 76.1 Å². The van der Waals surface area contributed by atoms with Crippen LogP contribution in [0, 0.1) is 6.92 Å². The minimum Gasteiger partial charge on any atom is -0.495 e. The zero-order valence-corrected chi connectivity index (χ0v) is 15.7. The van der Waals surface area contributed by atoms with Crippen molar-refractivity contribution >= 4 is 29.0 Å². The summed E-state index contributed by atoms with van der Waals surface area (Å²) in [6.45, 7) is 2.45. The lowest BCUT2D eigenvalue weighted by Crippen LogP contribution is -2.24. The van der Waals surface area contributed by atoms with Crippen LogP contribution in [0.5, 0.6) is 5.75 Å². The Morgan fingerprint density at radius 2 is 1.89 bits per heavy atom. The summed E-state index contributed by atoms with van der Waals surface area (Å²) in [5.74, 6) is 0.821. The molecule has 0 aliphatic heterocycles. The normalized spacial score (nSPS) is 10.3. The van der Waals surface area contributed by atoms with E-state index in [0.29, 0.717) is 28.8 Å². The first kappa shape index (κ1) is 18.7. The summed E-state index contributed by atoms with van der Waals surface area (Å²) < 4.78 is 5.28. The van der Waals surface area contributed by atoms with Gasteiger partial charge in [0.05, 0.1) is 25.2 Å². The Balaban J connectivity index is 1.63. The van der Waals surface area contributed by atoms with E-state index in [9.17, 15) is 4.79 Å². The number of nitrogens with one attached hydrogen (secondary N) is 2. The largest absolute Gasteiger partial charge is 0.495 e. The molecule has 1 aromatic heterocycles. The third-order valence-corrected chi connectivity index (χ3v) is 4.12. The molecule has 0 spiro atoms. The number of nitrogens with zero attached hydrogens (tertiary/aromatic N) is 2. The van der Waals surface area contributed by atoms with Crippen molar-refractivity contribution in [2.75, 3.05) is 12.4 Å². The van der Waals surface area contributed by atoms with Crippen molar-refractivity contribution in [3.05, 3.63) is 76.7 Å². The number of amides is 1. The number of methoxy groups -OCH3 is 1. The van der Waals surface area contributed by atoms with E-state index in [0.717, 1.165) is 5.56 Å². The van der Waals surface area contributed by atoms with Gasteiger partial charge >= 0.3 is 0 Å². The van der Waals surface area contributed by atoms with Gasteiger partial charge in [-0.1, -0.05) is 41.4 Å². The van der Waals surface area contributed by atoms with E-state index in [2.05, 4.69) is 20.6 Å². The fraction of sp³-hybridized carbons (Fsp3) is 0.150. The highest BCUT2D eigenvalue weighted by molar-refractivity contribution is 6.31. The standard InChI is InChI=1S/C20H19ClN4O2/c1-13-3-5-14(6-4-13)10-24-20(26)17-11-23-19(12-22-17)25-16-9-15(21)7-8-18(16)27-2/h3-9,11-12H,10H2,1-2H3,(H,23,25)(H,24,26). The number of carbonyl (C=O) groups excluding carboxylic acids is 1. The van der Waals surface area contributed by atoms with E-state index in [-0.39, 0.29) is 11.6 Å². The van der Waals surface area contributed by atoms with Gasteiger partial charge in [0.15, 0.2) is 0 Å². The van der Waals surface area contributed by atoms with Crippen molar-refractivity contribution in [2.24, 2.45) is 0 Å². The second-order valence-electron chi connectivity index (χ2n) is 5.92. The highest BCUT2D eigenvalue weighted by atomic mass is 35.5. The molecule has 1 amide bonds. The molecule has 7 heteroatoms. The average Bonchev–Trinajstić information content (AvgIpc) is 2.68. The van der Waals surface area contributed by atoms with Gasteiger partial charge < -0.3 is 15.4 Å². The molecule has 0 atom stereocenters. The number of anilines is 2. The Morgan fingerprint density at radius 3 is 2.56 bits per heavy atom. The van der Waals surface area contributed by atoms with E-state index < -0.39 is 0 Å². The maximum absolute atomic E-state index is 12.2. The van der Waals surface area contributed by atoms with Crippen LogP contribution in [0.25, 0.3) is 0 Å². The molecule has 0 saturated carbocycles. The predicted molar refractivity (Wildman–Crippen MR) is 106 cm³/mol. The first-order chi connectivity index (χ1) is 13.0. The van der Waals surface area contributed by atoms with Crippen LogP contribution < -0.4 is 15.4 Å².